The minimum absolute atomic E-state index is 0.120. The molecule has 0 aliphatic carbocycles. The zero-order chi connectivity index (χ0) is 21.6. The molecule has 0 saturated carbocycles. The molecule has 1 atom stereocenters. The predicted octanol–water partition coefficient (Wildman–Crippen LogP) is 4.24. The summed E-state index contributed by atoms with van der Waals surface area (Å²) in [6.07, 6.45) is 1.98. The van der Waals surface area contributed by atoms with Gasteiger partial charge in [0, 0.05) is 65.8 Å². The third-order valence-corrected chi connectivity index (χ3v) is 6.18. The Morgan fingerprint density at radius 2 is 1.90 bits per heavy atom. The Morgan fingerprint density at radius 1 is 1.10 bits per heavy atom. The minimum atomic E-state index is -0.191. The Hall–Kier alpha value is -2.25. The van der Waals surface area contributed by atoms with E-state index < -0.39 is 0 Å². The summed E-state index contributed by atoms with van der Waals surface area (Å²) in [7, 11) is 0. The second kappa shape index (κ2) is 10.4. The second-order valence-corrected chi connectivity index (χ2v) is 8.44. The highest BCUT2D eigenvalue weighted by atomic mass is 35.5. The van der Waals surface area contributed by atoms with Crippen LogP contribution in [0.4, 0.5) is 4.79 Å². The van der Waals surface area contributed by atoms with Gasteiger partial charge in [-0.1, -0.05) is 47.5 Å². The number of fused-ring (bicyclic) bond motifs is 1. The van der Waals surface area contributed by atoms with Crippen LogP contribution in [0.1, 0.15) is 17.0 Å². The summed E-state index contributed by atoms with van der Waals surface area (Å²) in [5.41, 5.74) is 3.04. The number of morpholine rings is 1. The number of carbonyl (C=O) groups is 1. The number of hydrogen-bond donors (Lipinski definition) is 3. The first kappa shape index (κ1) is 22.0. The Labute approximate surface area is 191 Å². The van der Waals surface area contributed by atoms with Crippen LogP contribution in [-0.4, -0.2) is 61.9 Å². The summed E-state index contributed by atoms with van der Waals surface area (Å²) >= 11 is 12.6. The van der Waals surface area contributed by atoms with Crippen molar-refractivity contribution in [1.82, 2.24) is 20.5 Å². The van der Waals surface area contributed by atoms with Crippen LogP contribution in [0.25, 0.3) is 10.9 Å². The van der Waals surface area contributed by atoms with E-state index in [0.29, 0.717) is 23.1 Å². The number of halogens is 2. The average Bonchev–Trinajstić information content (AvgIpc) is 3.20. The maximum Gasteiger partial charge on any atom is 0.314 e. The van der Waals surface area contributed by atoms with Crippen LogP contribution in [0, 0.1) is 0 Å². The van der Waals surface area contributed by atoms with Gasteiger partial charge in [0.25, 0.3) is 0 Å². The van der Waals surface area contributed by atoms with Gasteiger partial charge in [-0.15, -0.1) is 0 Å². The number of amides is 2. The molecule has 4 rings (SSSR count). The van der Waals surface area contributed by atoms with E-state index in [1.54, 1.807) is 6.07 Å². The summed E-state index contributed by atoms with van der Waals surface area (Å²) in [6.45, 7) is 5.12. The zero-order valence-electron chi connectivity index (χ0n) is 17.2. The molecule has 2 amide bonds. The van der Waals surface area contributed by atoms with E-state index in [0.717, 1.165) is 54.9 Å². The van der Waals surface area contributed by atoms with E-state index in [1.807, 2.05) is 36.5 Å². The number of nitrogens with one attached hydrogen (secondary N) is 3. The van der Waals surface area contributed by atoms with Gasteiger partial charge in [0.15, 0.2) is 0 Å². The Bertz CT molecular complexity index is 1030. The summed E-state index contributed by atoms with van der Waals surface area (Å²) < 4.78 is 5.35. The van der Waals surface area contributed by atoms with Crippen molar-refractivity contribution in [2.75, 3.05) is 45.9 Å². The molecular weight excluding hydrogens is 435 g/mol. The third-order valence-electron chi connectivity index (χ3n) is 5.62. The number of ether oxygens (including phenoxy) is 1. The third kappa shape index (κ3) is 5.52. The van der Waals surface area contributed by atoms with Crippen LogP contribution in [0.3, 0.4) is 0 Å². The van der Waals surface area contributed by atoms with E-state index in [4.69, 9.17) is 27.9 Å². The molecule has 3 N–H and O–H groups in total. The Kier molecular flexibility index (Phi) is 7.35. The lowest BCUT2D eigenvalue weighted by molar-refractivity contribution is 0.0387. The number of para-hydroxylation sites is 1. The highest BCUT2D eigenvalue weighted by Crippen LogP contribution is 2.35. The van der Waals surface area contributed by atoms with Gasteiger partial charge in [0.05, 0.1) is 13.2 Å². The van der Waals surface area contributed by atoms with Crippen LogP contribution in [0.2, 0.25) is 10.0 Å². The average molecular weight is 461 g/mol. The molecule has 1 aliphatic rings. The van der Waals surface area contributed by atoms with Gasteiger partial charge >= 0.3 is 6.03 Å². The lowest BCUT2D eigenvalue weighted by Gasteiger charge is -2.26. The molecule has 1 unspecified atom stereocenters. The summed E-state index contributed by atoms with van der Waals surface area (Å²) in [5.74, 6) is -0.120. The first-order chi connectivity index (χ1) is 15.1. The first-order valence-electron chi connectivity index (χ1n) is 10.4. The summed E-state index contributed by atoms with van der Waals surface area (Å²) in [5, 5.41) is 8.23. The molecule has 164 valence electrons. The minimum Gasteiger partial charge on any atom is -0.379 e. The number of rotatable bonds is 7. The Morgan fingerprint density at radius 3 is 2.71 bits per heavy atom. The summed E-state index contributed by atoms with van der Waals surface area (Å²) in [4.78, 5) is 18.1. The number of carbonyl (C=O) groups excluding carboxylic acids is 1. The van der Waals surface area contributed by atoms with Gasteiger partial charge < -0.3 is 20.4 Å². The van der Waals surface area contributed by atoms with Crippen molar-refractivity contribution in [2.45, 2.75) is 5.92 Å². The molecule has 1 aliphatic heterocycles. The number of H-pyrrole nitrogens is 1. The van der Waals surface area contributed by atoms with Gasteiger partial charge in [0.2, 0.25) is 0 Å². The normalized spacial score (nSPS) is 15.7. The van der Waals surface area contributed by atoms with Gasteiger partial charge in [-0.3, -0.25) is 4.90 Å². The van der Waals surface area contributed by atoms with Crippen molar-refractivity contribution in [3.05, 3.63) is 69.8 Å². The zero-order valence-corrected chi connectivity index (χ0v) is 18.7. The molecule has 2 heterocycles. The number of aromatic amines is 1. The van der Waals surface area contributed by atoms with E-state index in [-0.39, 0.29) is 11.9 Å². The van der Waals surface area contributed by atoms with Crippen LogP contribution in [0.5, 0.6) is 0 Å². The molecule has 1 saturated heterocycles. The van der Waals surface area contributed by atoms with Gasteiger partial charge in [-0.05, 0) is 29.3 Å². The number of urea groups is 1. The summed E-state index contributed by atoms with van der Waals surface area (Å²) in [6, 6.07) is 13.4. The number of hydrogen-bond acceptors (Lipinski definition) is 3. The van der Waals surface area contributed by atoms with Crippen molar-refractivity contribution in [1.29, 1.82) is 0 Å². The highest BCUT2D eigenvalue weighted by Gasteiger charge is 2.21. The van der Waals surface area contributed by atoms with Gasteiger partial charge in [-0.2, -0.15) is 0 Å². The van der Waals surface area contributed by atoms with E-state index in [2.05, 4.69) is 26.6 Å². The number of aromatic nitrogens is 1. The lowest BCUT2D eigenvalue weighted by atomic mass is 9.91. The van der Waals surface area contributed by atoms with Crippen LogP contribution >= 0.6 is 23.2 Å². The molecule has 0 bridgehead atoms. The van der Waals surface area contributed by atoms with Crippen LogP contribution in [-0.2, 0) is 4.74 Å². The van der Waals surface area contributed by atoms with Crippen molar-refractivity contribution in [3.63, 3.8) is 0 Å². The maximum absolute atomic E-state index is 12.5. The Balaban J connectivity index is 1.45. The quantitative estimate of drug-likeness (QED) is 0.493. The molecule has 31 heavy (non-hydrogen) atoms. The molecule has 2 aromatic carbocycles. The van der Waals surface area contributed by atoms with Crippen molar-refractivity contribution in [2.24, 2.45) is 0 Å². The van der Waals surface area contributed by atoms with E-state index in [9.17, 15) is 4.79 Å². The van der Waals surface area contributed by atoms with Crippen molar-refractivity contribution in [3.8, 4) is 0 Å². The van der Waals surface area contributed by atoms with E-state index in [1.165, 1.54) is 0 Å². The number of benzene rings is 2. The molecule has 1 aromatic heterocycles. The molecule has 0 spiro atoms. The monoisotopic (exact) mass is 460 g/mol. The van der Waals surface area contributed by atoms with Crippen molar-refractivity contribution >= 4 is 40.1 Å². The van der Waals surface area contributed by atoms with Crippen LogP contribution in [0.15, 0.2) is 48.7 Å². The van der Waals surface area contributed by atoms with E-state index >= 15 is 0 Å². The smallest absolute Gasteiger partial charge is 0.314 e. The molecular formula is C23H26Cl2N4O2. The largest absolute Gasteiger partial charge is 0.379 e. The molecule has 6 nitrogen and oxygen atoms in total. The van der Waals surface area contributed by atoms with Crippen LogP contribution < -0.4 is 10.6 Å². The topological polar surface area (TPSA) is 69.4 Å². The van der Waals surface area contributed by atoms with Crippen molar-refractivity contribution < 1.29 is 9.53 Å². The fourth-order valence-electron chi connectivity index (χ4n) is 3.96. The lowest BCUT2D eigenvalue weighted by Crippen LogP contribution is -2.44. The molecule has 3 aromatic rings. The van der Waals surface area contributed by atoms with Gasteiger partial charge in [0.1, 0.15) is 0 Å². The fraction of sp³-hybridized carbons (Fsp3) is 0.348. The SMILES string of the molecule is O=C(NCCN1CCOCC1)NCC(c1ccc(Cl)cc1Cl)c1c[nH]c2ccccc12. The van der Waals surface area contributed by atoms with Gasteiger partial charge in [-0.25, -0.2) is 4.79 Å². The maximum atomic E-state index is 12.5. The number of nitrogens with zero attached hydrogens (tertiary/aromatic N) is 1. The standard InChI is InChI=1S/C23H26Cl2N4O2/c24-16-5-6-17(21(25)13-16)19(20-14-27-22-4-2-1-3-18(20)22)15-28-23(30)26-7-8-29-9-11-31-12-10-29/h1-6,13-14,19,27H,7-12,15H2,(H2,26,28,30). The fourth-order valence-corrected chi connectivity index (χ4v) is 4.50. The highest BCUT2D eigenvalue weighted by molar-refractivity contribution is 6.35. The first-order valence-corrected chi connectivity index (χ1v) is 11.2. The molecule has 0 radical (unpaired) electrons. The predicted molar refractivity (Wildman–Crippen MR) is 125 cm³/mol. The molecule has 1 fully saturated rings. The molecule has 8 heteroatoms. The second-order valence-electron chi connectivity index (χ2n) is 7.60.